The van der Waals surface area contributed by atoms with E-state index in [2.05, 4.69) is 0 Å². The molecule has 4 nitrogen and oxygen atoms in total. The minimum atomic E-state index is -0.0894. The van der Waals surface area contributed by atoms with Gasteiger partial charge < -0.3 is 14.9 Å². The maximum Gasteiger partial charge on any atom is 0.305 e. The molecule has 0 unspecified atom stereocenters. The molecule has 0 heterocycles. The minimum absolute atomic E-state index is 0.0894. The van der Waals surface area contributed by atoms with Crippen molar-refractivity contribution in [3.05, 3.63) is 23.8 Å². The van der Waals surface area contributed by atoms with E-state index < -0.39 is 0 Å². The van der Waals surface area contributed by atoms with Crippen molar-refractivity contribution < 1.29 is 19.7 Å². The Hall–Kier alpha value is -1.71. The molecule has 1 aromatic carbocycles. The standard InChI is InChI=1S/C18H28O4/c1-2-22-18(21)11-9-7-5-3-4-6-8-10-15-14-16(19)12-13-17(15)20/h12-14,19-20H,2-11H2,1H3. The highest BCUT2D eigenvalue weighted by Crippen LogP contribution is 2.24. The third-order valence-corrected chi connectivity index (χ3v) is 3.70. The highest BCUT2D eigenvalue weighted by atomic mass is 16.5. The number of aryl methyl sites for hydroxylation is 1. The van der Waals surface area contributed by atoms with Gasteiger partial charge in [-0.3, -0.25) is 4.79 Å². The van der Waals surface area contributed by atoms with Crippen LogP contribution in [0.5, 0.6) is 11.5 Å². The van der Waals surface area contributed by atoms with Crippen LogP contribution in [0.25, 0.3) is 0 Å². The molecule has 1 aromatic rings. The molecular formula is C18H28O4. The first kappa shape index (κ1) is 18.3. The van der Waals surface area contributed by atoms with Crippen molar-refractivity contribution in [1.29, 1.82) is 0 Å². The largest absolute Gasteiger partial charge is 0.508 e. The molecule has 0 aliphatic rings. The van der Waals surface area contributed by atoms with Crippen molar-refractivity contribution in [2.75, 3.05) is 6.61 Å². The summed E-state index contributed by atoms with van der Waals surface area (Å²) in [6.45, 7) is 2.29. The average Bonchev–Trinajstić information content (AvgIpc) is 2.49. The lowest BCUT2D eigenvalue weighted by Crippen LogP contribution is -2.03. The van der Waals surface area contributed by atoms with E-state index in [9.17, 15) is 15.0 Å². The van der Waals surface area contributed by atoms with Gasteiger partial charge in [-0.15, -0.1) is 0 Å². The molecule has 0 radical (unpaired) electrons. The van der Waals surface area contributed by atoms with Crippen molar-refractivity contribution >= 4 is 5.97 Å². The van der Waals surface area contributed by atoms with Gasteiger partial charge in [0.2, 0.25) is 0 Å². The number of rotatable bonds is 11. The number of aromatic hydroxyl groups is 2. The normalized spacial score (nSPS) is 10.6. The third-order valence-electron chi connectivity index (χ3n) is 3.70. The summed E-state index contributed by atoms with van der Waals surface area (Å²) in [7, 11) is 0. The maximum absolute atomic E-state index is 11.1. The summed E-state index contributed by atoms with van der Waals surface area (Å²) in [6, 6.07) is 4.66. The number of hydrogen-bond acceptors (Lipinski definition) is 4. The number of carbonyl (C=O) groups is 1. The van der Waals surface area contributed by atoms with Gasteiger partial charge in [0, 0.05) is 6.42 Å². The maximum atomic E-state index is 11.1. The average molecular weight is 308 g/mol. The van der Waals surface area contributed by atoms with Crippen molar-refractivity contribution in [2.45, 2.75) is 64.7 Å². The zero-order chi connectivity index (χ0) is 16.2. The summed E-state index contributed by atoms with van der Waals surface area (Å²) in [5.74, 6) is 0.375. The van der Waals surface area contributed by atoms with E-state index in [4.69, 9.17) is 4.74 Å². The van der Waals surface area contributed by atoms with Crippen LogP contribution in [0.15, 0.2) is 18.2 Å². The van der Waals surface area contributed by atoms with E-state index in [1.807, 2.05) is 6.92 Å². The fourth-order valence-corrected chi connectivity index (χ4v) is 2.47. The molecule has 0 spiro atoms. The number of carbonyl (C=O) groups excluding carboxylic acids is 1. The summed E-state index contributed by atoms with van der Waals surface area (Å²) in [5, 5.41) is 19.1. The molecule has 0 aromatic heterocycles. The highest BCUT2D eigenvalue weighted by molar-refractivity contribution is 5.69. The molecular weight excluding hydrogens is 280 g/mol. The van der Waals surface area contributed by atoms with Crippen LogP contribution in [0.2, 0.25) is 0 Å². The van der Waals surface area contributed by atoms with Gasteiger partial charge in [0.25, 0.3) is 0 Å². The predicted octanol–water partition coefficient (Wildman–Crippen LogP) is 4.32. The molecule has 0 aliphatic carbocycles. The second-order valence-corrected chi connectivity index (χ2v) is 5.59. The fourth-order valence-electron chi connectivity index (χ4n) is 2.47. The van der Waals surface area contributed by atoms with E-state index in [1.165, 1.54) is 25.0 Å². The molecule has 0 aliphatic heterocycles. The van der Waals surface area contributed by atoms with Crippen LogP contribution in [-0.4, -0.2) is 22.8 Å². The van der Waals surface area contributed by atoms with Gasteiger partial charge in [-0.25, -0.2) is 0 Å². The SMILES string of the molecule is CCOC(=O)CCCCCCCCCc1cc(O)ccc1O. The predicted molar refractivity (Wildman–Crippen MR) is 87.0 cm³/mol. The van der Waals surface area contributed by atoms with Gasteiger partial charge in [-0.2, -0.15) is 0 Å². The van der Waals surface area contributed by atoms with Gasteiger partial charge in [0.1, 0.15) is 11.5 Å². The first-order valence-electron chi connectivity index (χ1n) is 8.30. The van der Waals surface area contributed by atoms with Crippen LogP contribution in [0.1, 0.15) is 63.9 Å². The minimum Gasteiger partial charge on any atom is -0.508 e. The number of phenolic OH excluding ortho intramolecular Hbond substituents is 2. The summed E-state index contributed by atoms with van der Waals surface area (Å²) in [4.78, 5) is 11.1. The Morgan fingerprint density at radius 3 is 2.32 bits per heavy atom. The lowest BCUT2D eigenvalue weighted by atomic mass is 10.0. The first-order valence-corrected chi connectivity index (χ1v) is 8.30. The van der Waals surface area contributed by atoms with Gasteiger partial charge in [0.05, 0.1) is 6.61 Å². The molecule has 124 valence electrons. The lowest BCUT2D eigenvalue weighted by molar-refractivity contribution is -0.143. The zero-order valence-corrected chi connectivity index (χ0v) is 13.5. The second-order valence-electron chi connectivity index (χ2n) is 5.59. The van der Waals surface area contributed by atoms with Crippen molar-refractivity contribution in [2.24, 2.45) is 0 Å². The molecule has 4 heteroatoms. The Morgan fingerprint density at radius 1 is 1.00 bits per heavy atom. The van der Waals surface area contributed by atoms with Gasteiger partial charge in [-0.05, 0) is 49.9 Å². The van der Waals surface area contributed by atoms with Crippen molar-refractivity contribution in [3.8, 4) is 11.5 Å². The molecule has 0 atom stereocenters. The fraction of sp³-hybridized carbons (Fsp3) is 0.611. The Kier molecular flexibility index (Phi) is 9.12. The Bertz CT molecular complexity index is 443. The van der Waals surface area contributed by atoms with Crippen LogP contribution in [0.4, 0.5) is 0 Å². The first-order chi connectivity index (χ1) is 10.6. The van der Waals surface area contributed by atoms with Gasteiger partial charge >= 0.3 is 5.97 Å². The smallest absolute Gasteiger partial charge is 0.305 e. The van der Waals surface area contributed by atoms with Crippen LogP contribution >= 0.6 is 0 Å². The lowest BCUT2D eigenvalue weighted by Gasteiger charge is -2.05. The molecule has 0 amide bonds. The van der Waals surface area contributed by atoms with E-state index in [0.29, 0.717) is 13.0 Å². The Labute approximate surface area is 133 Å². The number of hydrogen-bond donors (Lipinski definition) is 2. The monoisotopic (exact) mass is 308 g/mol. The van der Waals surface area contributed by atoms with Crippen LogP contribution in [-0.2, 0) is 16.0 Å². The summed E-state index contributed by atoms with van der Waals surface area (Å²) >= 11 is 0. The zero-order valence-electron chi connectivity index (χ0n) is 13.5. The van der Waals surface area contributed by atoms with E-state index >= 15 is 0 Å². The number of ether oxygens (including phenoxy) is 1. The molecule has 0 bridgehead atoms. The van der Waals surface area contributed by atoms with E-state index in [1.54, 1.807) is 6.07 Å². The van der Waals surface area contributed by atoms with E-state index in [-0.39, 0.29) is 17.5 Å². The van der Waals surface area contributed by atoms with Gasteiger partial charge in [-0.1, -0.05) is 32.1 Å². The molecule has 0 saturated heterocycles. The summed E-state index contributed by atoms with van der Waals surface area (Å²) < 4.78 is 4.88. The summed E-state index contributed by atoms with van der Waals surface area (Å²) in [6.07, 6.45) is 8.94. The van der Waals surface area contributed by atoms with Crippen LogP contribution < -0.4 is 0 Å². The number of benzene rings is 1. The van der Waals surface area contributed by atoms with E-state index in [0.717, 1.165) is 44.1 Å². The van der Waals surface area contributed by atoms with Crippen LogP contribution in [0.3, 0.4) is 0 Å². The van der Waals surface area contributed by atoms with Crippen molar-refractivity contribution in [3.63, 3.8) is 0 Å². The van der Waals surface area contributed by atoms with Gasteiger partial charge in [0.15, 0.2) is 0 Å². The Morgan fingerprint density at radius 2 is 1.64 bits per heavy atom. The second kappa shape index (κ2) is 10.9. The highest BCUT2D eigenvalue weighted by Gasteiger charge is 2.03. The molecule has 1 rings (SSSR count). The van der Waals surface area contributed by atoms with Crippen LogP contribution in [0, 0.1) is 0 Å². The topological polar surface area (TPSA) is 66.8 Å². The summed E-state index contributed by atoms with van der Waals surface area (Å²) in [5.41, 5.74) is 0.814. The number of unbranched alkanes of at least 4 members (excludes halogenated alkanes) is 6. The number of phenols is 2. The number of esters is 1. The Balaban J connectivity index is 1.98. The molecule has 0 saturated carbocycles. The molecule has 22 heavy (non-hydrogen) atoms. The third kappa shape index (κ3) is 7.91. The molecule has 2 N–H and O–H groups in total. The molecule has 0 fully saturated rings. The van der Waals surface area contributed by atoms with Crippen molar-refractivity contribution in [1.82, 2.24) is 0 Å². The quantitative estimate of drug-likeness (QED) is 0.363.